The Morgan fingerprint density at radius 3 is 2.83 bits per heavy atom. The van der Waals surface area contributed by atoms with Crippen LogP contribution in [0.15, 0.2) is 53.6 Å². The van der Waals surface area contributed by atoms with Crippen LogP contribution in [0.4, 0.5) is 0 Å². The van der Waals surface area contributed by atoms with E-state index in [-0.39, 0.29) is 5.56 Å². The summed E-state index contributed by atoms with van der Waals surface area (Å²) in [6.07, 6.45) is 3.52. The van der Waals surface area contributed by atoms with Crippen LogP contribution in [0, 0.1) is 6.92 Å². The summed E-state index contributed by atoms with van der Waals surface area (Å²) >= 11 is 0. The lowest BCUT2D eigenvalue weighted by Gasteiger charge is -2.04. The molecule has 18 heavy (non-hydrogen) atoms. The van der Waals surface area contributed by atoms with Gasteiger partial charge in [0.1, 0.15) is 0 Å². The van der Waals surface area contributed by atoms with Crippen molar-refractivity contribution in [2.24, 2.45) is 0 Å². The van der Waals surface area contributed by atoms with Crippen molar-refractivity contribution < 1.29 is 0 Å². The molecule has 0 amide bonds. The van der Waals surface area contributed by atoms with Gasteiger partial charge in [-0.25, -0.2) is 0 Å². The number of aromatic amines is 1. The maximum atomic E-state index is 11.3. The third-order valence-electron chi connectivity index (χ3n) is 3.03. The lowest BCUT2D eigenvalue weighted by Crippen LogP contribution is -2.07. The van der Waals surface area contributed by atoms with E-state index in [0.717, 1.165) is 22.0 Å². The average molecular weight is 236 g/mol. The van der Waals surface area contributed by atoms with Gasteiger partial charge in [0.2, 0.25) is 0 Å². The van der Waals surface area contributed by atoms with Crippen LogP contribution in [0.3, 0.4) is 0 Å². The molecule has 0 saturated carbocycles. The summed E-state index contributed by atoms with van der Waals surface area (Å²) in [5.74, 6) is 0. The number of rotatable bonds is 1. The summed E-state index contributed by atoms with van der Waals surface area (Å²) in [6.45, 7) is 1.81. The van der Waals surface area contributed by atoms with E-state index in [1.807, 2.05) is 43.3 Å². The molecule has 3 aromatic rings. The zero-order chi connectivity index (χ0) is 12.5. The molecule has 0 spiro atoms. The highest BCUT2D eigenvalue weighted by Gasteiger charge is 2.02. The van der Waals surface area contributed by atoms with E-state index in [1.54, 1.807) is 12.4 Å². The molecule has 1 N–H and O–H groups in total. The summed E-state index contributed by atoms with van der Waals surface area (Å²) in [4.78, 5) is 18.4. The number of pyridine rings is 2. The molecule has 0 saturated heterocycles. The number of hydrogen-bond donors (Lipinski definition) is 1. The molecule has 2 aromatic heterocycles. The van der Waals surface area contributed by atoms with Crippen LogP contribution in [0.2, 0.25) is 0 Å². The lowest BCUT2D eigenvalue weighted by molar-refractivity contribution is 1.18. The van der Waals surface area contributed by atoms with Gasteiger partial charge < -0.3 is 4.98 Å². The minimum absolute atomic E-state index is 0.0438. The van der Waals surface area contributed by atoms with Gasteiger partial charge in [-0.05, 0) is 36.2 Å². The monoisotopic (exact) mass is 236 g/mol. The molecule has 0 atom stereocenters. The Balaban J connectivity index is 2.19. The Kier molecular flexibility index (Phi) is 2.45. The average Bonchev–Trinajstić information content (AvgIpc) is 2.41. The maximum absolute atomic E-state index is 11.3. The summed E-state index contributed by atoms with van der Waals surface area (Å²) in [7, 11) is 0. The third kappa shape index (κ3) is 1.80. The number of aryl methyl sites for hydroxylation is 1. The van der Waals surface area contributed by atoms with Crippen molar-refractivity contribution in [1.29, 1.82) is 0 Å². The molecule has 88 valence electrons. The molecule has 0 aliphatic rings. The number of nitrogens with one attached hydrogen (secondary N) is 1. The summed E-state index contributed by atoms with van der Waals surface area (Å²) in [6, 6.07) is 12.0. The molecule has 2 heterocycles. The molecule has 0 aliphatic carbocycles. The first-order valence-corrected chi connectivity index (χ1v) is 5.78. The number of aromatic nitrogens is 2. The van der Waals surface area contributed by atoms with Crippen molar-refractivity contribution in [3.05, 3.63) is 64.7 Å². The van der Waals surface area contributed by atoms with E-state index >= 15 is 0 Å². The van der Waals surface area contributed by atoms with Crippen LogP contribution in [-0.4, -0.2) is 9.97 Å². The van der Waals surface area contributed by atoms with Gasteiger partial charge in [0.15, 0.2) is 0 Å². The SMILES string of the molecule is Cc1cc(-c2ccc3cccnc3c2)c[nH]c1=O. The Hall–Kier alpha value is -2.42. The zero-order valence-corrected chi connectivity index (χ0v) is 9.97. The van der Waals surface area contributed by atoms with Gasteiger partial charge >= 0.3 is 0 Å². The second-order valence-corrected chi connectivity index (χ2v) is 4.31. The fraction of sp³-hybridized carbons (Fsp3) is 0.0667. The molecular formula is C15H12N2O. The minimum atomic E-state index is -0.0438. The second-order valence-electron chi connectivity index (χ2n) is 4.31. The first-order chi connectivity index (χ1) is 8.74. The predicted octanol–water partition coefficient (Wildman–Crippen LogP) is 2.90. The number of hydrogen-bond acceptors (Lipinski definition) is 2. The number of benzene rings is 1. The molecule has 0 radical (unpaired) electrons. The molecule has 3 nitrogen and oxygen atoms in total. The van der Waals surface area contributed by atoms with E-state index < -0.39 is 0 Å². The number of nitrogens with zero attached hydrogens (tertiary/aromatic N) is 1. The maximum Gasteiger partial charge on any atom is 0.250 e. The van der Waals surface area contributed by atoms with Crippen molar-refractivity contribution in [1.82, 2.24) is 9.97 Å². The van der Waals surface area contributed by atoms with Crippen LogP contribution in [-0.2, 0) is 0 Å². The number of H-pyrrole nitrogens is 1. The van der Waals surface area contributed by atoms with Crippen LogP contribution in [0.25, 0.3) is 22.0 Å². The van der Waals surface area contributed by atoms with Crippen LogP contribution in [0.5, 0.6) is 0 Å². The summed E-state index contributed by atoms with van der Waals surface area (Å²) in [5, 5.41) is 1.11. The number of fused-ring (bicyclic) bond motifs is 1. The summed E-state index contributed by atoms with van der Waals surface area (Å²) < 4.78 is 0. The molecule has 0 fully saturated rings. The van der Waals surface area contributed by atoms with Crippen molar-refractivity contribution in [2.45, 2.75) is 6.92 Å². The Morgan fingerprint density at radius 1 is 1.11 bits per heavy atom. The van der Waals surface area contributed by atoms with Crippen molar-refractivity contribution in [3.63, 3.8) is 0 Å². The van der Waals surface area contributed by atoms with Gasteiger partial charge in [-0.15, -0.1) is 0 Å². The molecule has 1 aromatic carbocycles. The van der Waals surface area contributed by atoms with Crippen LogP contribution in [0.1, 0.15) is 5.56 Å². The molecule has 0 unspecified atom stereocenters. The van der Waals surface area contributed by atoms with Gasteiger partial charge in [0.05, 0.1) is 5.52 Å². The lowest BCUT2D eigenvalue weighted by atomic mass is 10.0. The van der Waals surface area contributed by atoms with Crippen LogP contribution >= 0.6 is 0 Å². The molecule has 0 aliphatic heterocycles. The van der Waals surface area contributed by atoms with E-state index in [0.29, 0.717) is 5.56 Å². The Morgan fingerprint density at radius 2 is 2.00 bits per heavy atom. The van der Waals surface area contributed by atoms with E-state index in [4.69, 9.17) is 0 Å². The van der Waals surface area contributed by atoms with E-state index in [1.165, 1.54) is 0 Å². The van der Waals surface area contributed by atoms with Gasteiger partial charge in [-0.1, -0.05) is 18.2 Å². The van der Waals surface area contributed by atoms with Gasteiger partial charge in [0, 0.05) is 23.3 Å². The molecule has 3 rings (SSSR count). The Bertz CT molecular complexity index is 775. The van der Waals surface area contributed by atoms with E-state index in [2.05, 4.69) is 9.97 Å². The fourth-order valence-corrected chi connectivity index (χ4v) is 2.01. The molecular weight excluding hydrogens is 224 g/mol. The first-order valence-electron chi connectivity index (χ1n) is 5.78. The summed E-state index contributed by atoms with van der Waals surface area (Å²) in [5.41, 5.74) is 3.69. The third-order valence-corrected chi connectivity index (χ3v) is 3.03. The zero-order valence-electron chi connectivity index (χ0n) is 9.97. The topological polar surface area (TPSA) is 45.8 Å². The van der Waals surface area contributed by atoms with Crippen molar-refractivity contribution in [3.8, 4) is 11.1 Å². The predicted molar refractivity (Wildman–Crippen MR) is 72.5 cm³/mol. The van der Waals surface area contributed by atoms with Crippen LogP contribution < -0.4 is 5.56 Å². The highest BCUT2D eigenvalue weighted by molar-refractivity contribution is 5.83. The second kappa shape index (κ2) is 4.11. The van der Waals surface area contributed by atoms with Crippen molar-refractivity contribution >= 4 is 10.9 Å². The van der Waals surface area contributed by atoms with E-state index in [9.17, 15) is 4.79 Å². The van der Waals surface area contributed by atoms with Gasteiger partial charge in [0.25, 0.3) is 5.56 Å². The van der Waals surface area contributed by atoms with Crippen molar-refractivity contribution in [2.75, 3.05) is 0 Å². The molecule has 0 bridgehead atoms. The van der Waals surface area contributed by atoms with Gasteiger partial charge in [-0.3, -0.25) is 9.78 Å². The Labute approximate surface area is 104 Å². The standard InChI is InChI=1S/C15H12N2O/c1-10-7-13(9-17-15(10)18)12-5-4-11-3-2-6-16-14(11)8-12/h2-9H,1H3,(H,17,18). The fourth-order valence-electron chi connectivity index (χ4n) is 2.01. The molecule has 3 heteroatoms. The normalized spacial score (nSPS) is 10.7. The highest BCUT2D eigenvalue weighted by Crippen LogP contribution is 2.22. The largest absolute Gasteiger partial charge is 0.328 e. The first kappa shape index (κ1) is 10.7. The smallest absolute Gasteiger partial charge is 0.250 e. The highest BCUT2D eigenvalue weighted by atomic mass is 16.1. The van der Waals surface area contributed by atoms with Gasteiger partial charge in [-0.2, -0.15) is 0 Å². The minimum Gasteiger partial charge on any atom is -0.328 e. The quantitative estimate of drug-likeness (QED) is 0.706.